The number of aromatic nitrogens is 1. The largest absolute Gasteiger partial charge is 0.478 e. The van der Waals surface area contributed by atoms with Crippen molar-refractivity contribution in [2.75, 3.05) is 5.32 Å². The van der Waals surface area contributed by atoms with Crippen LogP contribution in [0.3, 0.4) is 0 Å². The molecular formula is C14H21ClN2O2. The van der Waals surface area contributed by atoms with E-state index in [0.717, 1.165) is 12.8 Å². The Morgan fingerprint density at radius 3 is 2.68 bits per heavy atom. The van der Waals surface area contributed by atoms with Crippen LogP contribution in [0.25, 0.3) is 0 Å². The maximum atomic E-state index is 11.0. The number of nitrogens with zero attached hydrogens (tertiary/aromatic N) is 1. The predicted molar refractivity (Wildman–Crippen MR) is 78.0 cm³/mol. The van der Waals surface area contributed by atoms with Crippen molar-refractivity contribution in [1.29, 1.82) is 0 Å². The maximum absolute atomic E-state index is 11.0. The van der Waals surface area contributed by atoms with Gasteiger partial charge in [0.25, 0.3) is 0 Å². The fourth-order valence-corrected chi connectivity index (χ4v) is 2.09. The Morgan fingerprint density at radius 2 is 2.11 bits per heavy atom. The number of hydrogen-bond acceptors (Lipinski definition) is 3. The number of carboxylic acid groups (broad SMARTS) is 1. The Labute approximate surface area is 119 Å². The third kappa shape index (κ3) is 5.07. The lowest BCUT2D eigenvalue weighted by molar-refractivity contribution is 0.0697. The number of rotatable bonds is 7. The van der Waals surface area contributed by atoms with Crippen molar-refractivity contribution in [1.82, 2.24) is 4.98 Å². The van der Waals surface area contributed by atoms with Crippen molar-refractivity contribution >= 4 is 23.4 Å². The summed E-state index contributed by atoms with van der Waals surface area (Å²) in [6.45, 7) is 6.45. The number of pyridine rings is 1. The van der Waals surface area contributed by atoms with Gasteiger partial charge in [-0.2, -0.15) is 0 Å². The van der Waals surface area contributed by atoms with Gasteiger partial charge in [0, 0.05) is 12.2 Å². The summed E-state index contributed by atoms with van der Waals surface area (Å²) < 4.78 is 0. The highest BCUT2D eigenvalue weighted by Gasteiger charge is 2.14. The van der Waals surface area contributed by atoms with Crippen LogP contribution < -0.4 is 5.32 Å². The average Bonchev–Trinajstić information content (AvgIpc) is 2.31. The molecule has 1 rings (SSSR count). The number of carbonyl (C=O) groups is 1. The van der Waals surface area contributed by atoms with E-state index in [1.807, 2.05) is 6.92 Å². The zero-order valence-corrected chi connectivity index (χ0v) is 12.4. The molecule has 0 bridgehead atoms. The van der Waals surface area contributed by atoms with Gasteiger partial charge >= 0.3 is 5.97 Å². The van der Waals surface area contributed by atoms with E-state index in [4.69, 9.17) is 16.7 Å². The highest BCUT2D eigenvalue weighted by molar-refractivity contribution is 6.35. The maximum Gasteiger partial charge on any atom is 0.337 e. The second-order valence-corrected chi connectivity index (χ2v) is 5.57. The Hall–Kier alpha value is -1.29. The third-order valence-corrected chi connectivity index (χ3v) is 3.30. The second kappa shape index (κ2) is 7.34. The van der Waals surface area contributed by atoms with E-state index < -0.39 is 5.97 Å². The van der Waals surface area contributed by atoms with Crippen LogP contribution in [-0.4, -0.2) is 22.1 Å². The smallest absolute Gasteiger partial charge is 0.337 e. The fraction of sp³-hybridized carbons (Fsp3) is 0.571. The molecule has 1 aromatic heterocycles. The molecule has 2 N–H and O–H groups in total. The zero-order chi connectivity index (χ0) is 14.4. The first-order valence-electron chi connectivity index (χ1n) is 6.56. The van der Waals surface area contributed by atoms with Crippen molar-refractivity contribution in [2.45, 2.75) is 46.1 Å². The molecular weight excluding hydrogens is 264 g/mol. The summed E-state index contributed by atoms with van der Waals surface area (Å²) in [7, 11) is 0. The molecule has 0 spiro atoms. The summed E-state index contributed by atoms with van der Waals surface area (Å²) in [5, 5.41) is 12.3. The van der Waals surface area contributed by atoms with Crippen LogP contribution in [0.2, 0.25) is 5.02 Å². The van der Waals surface area contributed by atoms with Crippen LogP contribution in [0.5, 0.6) is 0 Å². The topological polar surface area (TPSA) is 62.2 Å². The van der Waals surface area contributed by atoms with Gasteiger partial charge in [-0.3, -0.25) is 0 Å². The molecule has 0 aromatic carbocycles. The van der Waals surface area contributed by atoms with Gasteiger partial charge in [0.15, 0.2) is 0 Å². The van der Waals surface area contributed by atoms with Crippen LogP contribution in [-0.2, 0) is 0 Å². The minimum Gasteiger partial charge on any atom is -0.478 e. The molecule has 19 heavy (non-hydrogen) atoms. The lowest BCUT2D eigenvalue weighted by Gasteiger charge is -2.16. The Bertz CT molecular complexity index is 435. The Balaban J connectivity index is 2.61. The van der Waals surface area contributed by atoms with Gasteiger partial charge < -0.3 is 10.4 Å². The Kier molecular flexibility index (Phi) is 6.09. The van der Waals surface area contributed by atoms with Gasteiger partial charge in [-0.1, -0.05) is 38.3 Å². The minimum absolute atomic E-state index is 0.0774. The number of anilines is 1. The van der Waals surface area contributed by atoms with Gasteiger partial charge in [0.05, 0.1) is 10.6 Å². The molecule has 106 valence electrons. The number of hydrogen-bond donors (Lipinski definition) is 2. The first-order chi connectivity index (χ1) is 8.91. The summed E-state index contributed by atoms with van der Waals surface area (Å²) in [6, 6.07) is 1.62. The summed E-state index contributed by atoms with van der Waals surface area (Å²) >= 11 is 6.03. The van der Waals surface area contributed by atoms with Crippen LogP contribution in [0.1, 0.15) is 50.4 Å². The summed E-state index contributed by atoms with van der Waals surface area (Å²) in [5.41, 5.74) is 0.0774. The van der Waals surface area contributed by atoms with Gasteiger partial charge in [0.1, 0.15) is 5.82 Å². The van der Waals surface area contributed by atoms with E-state index in [0.29, 0.717) is 11.7 Å². The van der Waals surface area contributed by atoms with E-state index in [2.05, 4.69) is 24.1 Å². The van der Waals surface area contributed by atoms with Gasteiger partial charge in [-0.15, -0.1) is 0 Å². The molecule has 5 heteroatoms. The van der Waals surface area contributed by atoms with Crippen molar-refractivity contribution < 1.29 is 9.90 Å². The van der Waals surface area contributed by atoms with Crippen LogP contribution in [0, 0.1) is 5.92 Å². The highest BCUT2D eigenvalue weighted by atomic mass is 35.5. The van der Waals surface area contributed by atoms with Crippen molar-refractivity contribution in [3.63, 3.8) is 0 Å². The second-order valence-electron chi connectivity index (χ2n) is 5.20. The first-order valence-corrected chi connectivity index (χ1v) is 6.94. The predicted octanol–water partition coefficient (Wildman–Crippen LogP) is 4.06. The quantitative estimate of drug-likeness (QED) is 0.792. The van der Waals surface area contributed by atoms with Crippen molar-refractivity contribution in [3.05, 3.63) is 22.8 Å². The molecule has 1 aromatic rings. The highest BCUT2D eigenvalue weighted by Crippen LogP contribution is 2.24. The standard InChI is InChI=1S/C14H21ClN2O2/c1-9(2)5-4-6-10(3)17-13-12(15)11(14(18)19)7-8-16-13/h7-10H,4-6H2,1-3H3,(H,16,17)(H,18,19). The molecule has 0 saturated carbocycles. The monoisotopic (exact) mass is 284 g/mol. The molecule has 1 unspecified atom stereocenters. The lowest BCUT2D eigenvalue weighted by Crippen LogP contribution is -2.17. The number of aromatic carboxylic acids is 1. The van der Waals surface area contributed by atoms with Crippen LogP contribution in [0.4, 0.5) is 5.82 Å². The average molecular weight is 285 g/mol. The lowest BCUT2D eigenvalue weighted by atomic mass is 10.0. The normalized spacial score (nSPS) is 12.5. The van der Waals surface area contributed by atoms with E-state index in [1.165, 1.54) is 18.7 Å². The molecule has 0 aliphatic heterocycles. The molecule has 0 saturated heterocycles. The number of nitrogens with one attached hydrogen (secondary N) is 1. The third-order valence-electron chi connectivity index (χ3n) is 2.92. The Morgan fingerprint density at radius 1 is 1.42 bits per heavy atom. The molecule has 0 aliphatic carbocycles. The molecule has 0 amide bonds. The molecule has 1 atom stereocenters. The fourth-order valence-electron chi connectivity index (χ4n) is 1.85. The van der Waals surface area contributed by atoms with E-state index in [9.17, 15) is 4.79 Å². The molecule has 1 heterocycles. The summed E-state index contributed by atoms with van der Waals surface area (Å²) in [6.07, 6.45) is 4.77. The molecule has 0 aliphatic rings. The van der Waals surface area contributed by atoms with Crippen LogP contribution in [0.15, 0.2) is 12.3 Å². The SMILES string of the molecule is CC(C)CCCC(C)Nc1nccc(C(=O)O)c1Cl. The van der Waals surface area contributed by atoms with Crippen molar-refractivity contribution in [3.8, 4) is 0 Å². The van der Waals surface area contributed by atoms with E-state index in [-0.39, 0.29) is 16.6 Å². The van der Waals surface area contributed by atoms with E-state index in [1.54, 1.807) is 0 Å². The molecule has 0 radical (unpaired) electrons. The number of carboxylic acids is 1. The van der Waals surface area contributed by atoms with Gasteiger partial charge in [0.2, 0.25) is 0 Å². The minimum atomic E-state index is -1.04. The molecule has 0 fully saturated rings. The van der Waals surface area contributed by atoms with Gasteiger partial charge in [-0.05, 0) is 25.3 Å². The van der Waals surface area contributed by atoms with Gasteiger partial charge in [-0.25, -0.2) is 9.78 Å². The first kappa shape index (κ1) is 15.8. The van der Waals surface area contributed by atoms with E-state index >= 15 is 0 Å². The number of halogens is 1. The van der Waals surface area contributed by atoms with Crippen molar-refractivity contribution in [2.24, 2.45) is 5.92 Å². The summed E-state index contributed by atoms with van der Waals surface area (Å²) in [5.74, 6) is 0.103. The molecule has 4 nitrogen and oxygen atoms in total. The zero-order valence-electron chi connectivity index (χ0n) is 11.6. The summed E-state index contributed by atoms with van der Waals surface area (Å²) in [4.78, 5) is 15.1. The van der Waals surface area contributed by atoms with Crippen LogP contribution >= 0.6 is 11.6 Å².